The molecule has 0 aliphatic carbocycles. The maximum atomic E-state index is 12.8. The molecule has 1 atom stereocenters. The van der Waals surface area contributed by atoms with E-state index in [1.54, 1.807) is 12.1 Å². The van der Waals surface area contributed by atoms with Gasteiger partial charge in [-0.25, -0.2) is 4.39 Å². The number of hydrogen-bond acceptors (Lipinski definition) is 4. The highest BCUT2D eigenvalue weighted by atomic mass is 19.1. The Kier molecular flexibility index (Phi) is 7.84. The molecule has 1 fully saturated rings. The number of halogens is 1. The molecule has 6 nitrogen and oxygen atoms in total. The number of carboxylic acids is 1. The number of likely N-dealkylation sites (tertiary alicyclic amines) is 1. The Morgan fingerprint density at radius 1 is 1.27 bits per heavy atom. The van der Waals surface area contributed by atoms with Gasteiger partial charge in [-0.1, -0.05) is 0 Å². The summed E-state index contributed by atoms with van der Waals surface area (Å²) in [6, 6.07) is 5.98. The van der Waals surface area contributed by atoms with Crippen LogP contribution in [0.5, 0.6) is 5.75 Å². The normalized spacial score (nSPS) is 18.2. The molecule has 144 valence electrons. The summed E-state index contributed by atoms with van der Waals surface area (Å²) in [7, 11) is 0. The molecule has 26 heavy (non-hydrogen) atoms. The second-order valence-corrected chi connectivity index (χ2v) is 6.62. The topological polar surface area (TPSA) is 70.1 Å². The molecule has 1 N–H and O–H groups in total. The summed E-state index contributed by atoms with van der Waals surface area (Å²) in [5, 5.41) is 9.00. The van der Waals surface area contributed by atoms with Gasteiger partial charge in [-0.3, -0.25) is 9.59 Å². The Bertz CT molecular complexity index is 594. The van der Waals surface area contributed by atoms with E-state index in [1.165, 1.54) is 24.0 Å². The largest absolute Gasteiger partial charge is 0.494 e. The van der Waals surface area contributed by atoms with Crippen molar-refractivity contribution in [2.75, 3.05) is 32.8 Å². The first-order valence-electron chi connectivity index (χ1n) is 9.05. The van der Waals surface area contributed by atoms with Crippen LogP contribution in [0, 0.1) is 5.82 Å². The molecule has 2 rings (SSSR count). The lowest BCUT2D eigenvalue weighted by Crippen LogP contribution is -2.42. The van der Waals surface area contributed by atoms with E-state index >= 15 is 0 Å². The molecule has 1 amide bonds. The standard InChI is InChI=1S/C19H27FN2O4/c1-15(23)22(14-19(24)25)17-4-2-10-21(12-9-17)11-3-13-26-18-7-5-16(20)6-8-18/h5-8,17H,2-4,9-14H2,1H3,(H,24,25)/t17-/m0/s1. The maximum absolute atomic E-state index is 12.8. The Morgan fingerprint density at radius 3 is 2.65 bits per heavy atom. The van der Waals surface area contributed by atoms with Gasteiger partial charge in [-0.05, 0) is 56.5 Å². The van der Waals surface area contributed by atoms with E-state index in [-0.39, 0.29) is 24.3 Å². The lowest BCUT2D eigenvalue weighted by Gasteiger charge is -2.29. The fraction of sp³-hybridized carbons (Fsp3) is 0.579. The predicted octanol–water partition coefficient (Wildman–Crippen LogP) is 2.38. The summed E-state index contributed by atoms with van der Waals surface area (Å²) in [6.07, 6.45) is 3.40. The molecule has 7 heteroatoms. The van der Waals surface area contributed by atoms with Crippen molar-refractivity contribution in [1.29, 1.82) is 0 Å². The molecule has 1 saturated heterocycles. The molecule has 1 aromatic rings. The van der Waals surface area contributed by atoms with Crippen molar-refractivity contribution in [2.24, 2.45) is 0 Å². The zero-order valence-electron chi connectivity index (χ0n) is 15.2. The van der Waals surface area contributed by atoms with Crippen LogP contribution in [0.4, 0.5) is 4.39 Å². The predicted molar refractivity (Wildman–Crippen MR) is 95.6 cm³/mol. The molecule has 0 saturated carbocycles. The fourth-order valence-corrected chi connectivity index (χ4v) is 3.33. The van der Waals surface area contributed by atoms with E-state index in [0.717, 1.165) is 45.3 Å². The van der Waals surface area contributed by atoms with E-state index < -0.39 is 5.97 Å². The van der Waals surface area contributed by atoms with Crippen molar-refractivity contribution in [3.8, 4) is 5.75 Å². The second-order valence-electron chi connectivity index (χ2n) is 6.62. The average molecular weight is 366 g/mol. The summed E-state index contributed by atoms with van der Waals surface area (Å²) in [5.74, 6) is -0.773. The Labute approximate surface area is 153 Å². The van der Waals surface area contributed by atoms with Gasteiger partial charge in [-0.2, -0.15) is 0 Å². The quantitative estimate of drug-likeness (QED) is 0.716. The number of hydrogen-bond donors (Lipinski definition) is 1. The van der Waals surface area contributed by atoms with E-state index in [1.807, 2.05) is 0 Å². The third-order valence-corrected chi connectivity index (χ3v) is 4.64. The van der Waals surface area contributed by atoms with Crippen molar-refractivity contribution in [3.63, 3.8) is 0 Å². The van der Waals surface area contributed by atoms with Gasteiger partial charge in [0.15, 0.2) is 0 Å². The van der Waals surface area contributed by atoms with Crippen molar-refractivity contribution in [1.82, 2.24) is 9.80 Å². The van der Waals surface area contributed by atoms with Crippen molar-refractivity contribution in [3.05, 3.63) is 30.1 Å². The molecule has 0 aromatic heterocycles. The van der Waals surface area contributed by atoms with Crippen LogP contribution in [-0.2, 0) is 9.59 Å². The number of carbonyl (C=O) groups is 2. The molecular formula is C19H27FN2O4. The molecule has 1 aliphatic heterocycles. The van der Waals surface area contributed by atoms with Gasteiger partial charge >= 0.3 is 5.97 Å². The van der Waals surface area contributed by atoms with E-state index in [9.17, 15) is 14.0 Å². The van der Waals surface area contributed by atoms with Crippen LogP contribution in [0.15, 0.2) is 24.3 Å². The minimum atomic E-state index is -0.973. The molecular weight excluding hydrogens is 339 g/mol. The summed E-state index contributed by atoms with van der Waals surface area (Å²) >= 11 is 0. The van der Waals surface area contributed by atoms with Crippen LogP contribution in [0.25, 0.3) is 0 Å². The number of rotatable bonds is 8. The monoisotopic (exact) mass is 366 g/mol. The number of nitrogens with zero attached hydrogens (tertiary/aromatic N) is 2. The van der Waals surface area contributed by atoms with Gasteiger partial charge in [0.05, 0.1) is 6.61 Å². The van der Waals surface area contributed by atoms with E-state index in [2.05, 4.69) is 4.90 Å². The van der Waals surface area contributed by atoms with Crippen molar-refractivity contribution >= 4 is 11.9 Å². The van der Waals surface area contributed by atoms with Gasteiger partial charge in [0.1, 0.15) is 18.1 Å². The minimum absolute atomic E-state index is 0.0101. The van der Waals surface area contributed by atoms with Crippen molar-refractivity contribution < 1.29 is 23.8 Å². The minimum Gasteiger partial charge on any atom is -0.494 e. The van der Waals surface area contributed by atoms with Crippen LogP contribution >= 0.6 is 0 Å². The maximum Gasteiger partial charge on any atom is 0.323 e. The van der Waals surface area contributed by atoms with Gasteiger partial charge < -0.3 is 19.6 Å². The molecule has 1 aliphatic rings. The third kappa shape index (κ3) is 6.63. The molecule has 1 heterocycles. The summed E-state index contributed by atoms with van der Waals surface area (Å²) in [5.41, 5.74) is 0. The lowest BCUT2D eigenvalue weighted by atomic mass is 10.1. The highest BCUT2D eigenvalue weighted by Crippen LogP contribution is 2.18. The molecule has 0 radical (unpaired) electrons. The van der Waals surface area contributed by atoms with E-state index in [4.69, 9.17) is 9.84 Å². The number of benzene rings is 1. The van der Waals surface area contributed by atoms with Crippen molar-refractivity contribution in [2.45, 2.75) is 38.6 Å². The highest BCUT2D eigenvalue weighted by Gasteiger charge is 2.25. The van der Waals surface area contributed by atoms with Crippen LogP contribution in [0.2, 0.25) is 0 Å². The fourth-order valence-electron chi connectivity index (χ4n) is 3.33. The summed E-state index contributed by atoms with van der Waals surface area (Å²) in [4.78, 5) is 26.5. The average Bonchev–Trinajstić information content (AvgIpc) is 2.83. The van der Waals surface area contributed by atoms with Gasteiger partial charge in [-0.15, -0.1) is 0 Å². The Balaban J connectivity index is 1.73. The van der Waals surface area contributed by atoms with E-state index in [0.29, 0.717) is 12.4 Å². The van der Waals surface area contributed by atoms with Gasteiger partial charge in [0, 0.05) is 26.1 Å². The highest BCUT2D eigenvalue weighted by molar-refractivity contribution is 5.79. The number of aliphatic carboxylic acids is 1. The lowest BCUT2D eigenvalue weighted by molar-refractivity contribution is -0.145. The molecule has 1 aromatic carbocycles. The third-order valence-electron chi connectivity index (χ3n) is 4.64. The van der Waals surface area contributed by atoms with Crippen LogP contribution < -0.4 is 4.74 Å². The Hall–Kier alpha value is -2.15. The second kappa shape index (κ2) is 10.1. The zero-order valence-corrected chi connectivity index (χ0v) is 15.2. The number of carboxylic acid groups (broad SMARTS) is 1. The number of ether oxygens (including phenoxy) is 1. The van der Waals surface area contributed by atoms with Crippen LogP contribution in [0.3, 0.4) is 0 Å². The Morgan fingerprint density at radius 2 is 2.00 bits per heavy atom. The number of carbonyl (C=O) groups excluding carboxylic acids is 1. The molecule has 0 bridgehead atoms. The van der Waals surface area contributed by atoms with Crippen LogP contribution in [-0.4, -0.2) is 65.6 Å². The summed E-state index contributed by atoms with van der Waals surface area (Å²) in [6.45, 7) is 4.41. The van der Waals surface area contributed by atoms with Crippen LogP contribution in [0.1, 0.15) is 32.6 Å². The smallest absolute Gasteiger partial charge is 0.323 e. The first-order valence-corrected chi connectivity index (χ1v) is 9.05. The first-order chi connectivity index (χ1) is 12.5. The zero-order chi connectivity index (χ0) is 18.9. The van der Waals surface area contributed by atoms with Gasteiger partial charge in [0.25, 0.3) is 0 Å². The first kappa shape index (κ1) is 20.2. The summed E-state index contributed by atoms with van der Waals surface area (Å²) < 4.78 is 18.5. The molecule has 0 spiro atoms. The SMILES string of the molecule is CC(=O)N(CC(=O)O)[C@H]1CCCN(CCCOc2ccc(F)cc2)CC1. The molecule has 0 unspecified atom stereocenters. The number of amides is 1. The van der Waals surface area contributed by atoms with Gasteiger partial charge in [0.2, 0.25) is 5.91 Å².